The number of hydrogen-bond acceptors (Lipinski definition) is 4. The van der Waals surface area contributed by atoms with Crippen molar-refractivity contribution in [1.82, 2.24) is 9.97 Å². The van der Waals surface area contributed by atoms with E-state index in [0.717, 1.165) is 29.0 Å². The van der Waals surface area contributed by atoms with Crippen LogP contribution in [0.15, 0.2) is 42.7 Å². The number of pyridine rings is 1. The van der Waals surface area contributed by atoms with E-state index in [0.29, 0.717) is 26.8 Å². The van der Waals surface area contributed by atoms with Gasteiger partial charge in [-0.3, -0.25) is 15.1 Å². The molecule has 0 saturated heterocycles. The molecular weight excluding hydrogens is 363 g/mol. The fourth-order valence-electron chi connectivity index (χ4n) is 2.45. The van der Waals surface area contributed by atoms with Crippen molar-refractivity contribution in [2.75, 3.05) is 5.32 Å². The normalized spacial score (nSPS) is 11.4. The molecule has 0 atom stereocenters. The van der Waals surface area contributed by atoms with E-state index in [2.05, 4.69) is 15.3 Å². The molecule has 8 heteroatoms. The zero-order valence-corrected chi connectivity index (χ0v) is 14.7. The summed E-state index contributed by atoms with van der Waals surface area (Å²) in [5.74, 6) is -0.339. The van der Waals surface area contributed by atoms with E-state index in [9.17, 15) is 18.0 Å². The molecule has 0 saturated carbocycles. The average molecular weight is 377 g/mol. The van der Waals surface area contributed by atoms with Gasteiger partial charge in [0.2, 0.25) is 0 Å². The first kappa shape index (κ1) is 18.1. The molecule has 2 heterocycles. The summed E-state index contributed by atoms with van der Waals surface area (Å²) in [7, 11) is 0. The predicted octanol–water partition coefficient (Wildman–Crippen LogP) is 5.09. The number of rotatable bonds is 3. The number of amides is 1. The second-order valence-corrected chi connectivity index (χ2v) is 6.66. The number of benzene rings is 1. The van der Waals surface area contributed by atoms with E-state index >= 15 is 0 Å². The monoisotopic (exact) mass is 377 g/mol. The Morgan fingerprint density at radius 1 is 1.19 bits per heavy atom. The molecule has 0 aliphatic heterocycles. The molecule has 0 unspecified atom stereocenters. The molecule has 4 nitrogen and oxygen atoms in total. The maximum Gasteiger partial charge on any atom is 0.416 e. The largest absolute Gasteiger partial charge is 0.416 e. The third kappa shape index (κ3) is 3.75. The van der Waals surface area contributed by atoms with Gasteiger partial charge in [0.1, 0.15) is 0 Å². The SMILES string of the molecule is Cc1cnccc1C(=O)Nc1nc(C)c(-c2cccc(C(F)(F)F)c2)s1. The van der Waals surface area contributed by atoms with Crippen molar-refractivity contribution in [2.24, 2.45) is 0 Å². The first-order valence-electron chi connectivity index (χ1n) is 7.62. The summed E-state index contributed by atoms with van der Waals surface area (Å²) in [5.41, 5.74) is 1.43. The van der Waals surface area contributed by atoms with Crippen LogP contribution in [0.1, 0.15) is 27.2 Å². The summed E-state index contributed by atoms with van der Waals surface area (Å²) in [6.45, 7) is 3.46. The molecule has 1 amide bonds. The van der Waals surface area contributed by atoms with Crippen LogP contribution in [0.2, 0.25) is 0 Å². The van der Waals surface area contributed by atoms with E-state index in [1.807, 2.05) is 0 Å². The van der Waals surface area contributed by atoms with E-state index < -0.39 is 11.7 Å². The number of halogens is 3. The highest BCUT2D eigenvalue weighted by atomic mass is 32.1. The second kappa shape index (κ2) is 6.87. The van der Waals surface area contributed by atoms with Gasteiger partial charge < -0.3 is 0 Å². The lowest BCUT2D eigenvalue weighted by atomic mass is 10.1. The van der Waals surface area contributed by atoms with Gasteiger partial charge in [-0.1, -0.05) is 23.5 Å². The van der Waals surface area contributed by atoms with Crippen LogP contribution in [0.5, 0.6) is 0 Å². The number of alkyl halides is 3. The smallest absolute Gasteiger partial charge is 0.298 e. The number of nitrogens with one attached hydrogen (secondary N) is 1. The number of hydrogen-bond donors (Lipinski definition) is 1. The van der Waals surface area contributed by atoms with Crippen LogP contribution in [-0.2, 0) is 6.18 Å². The highest BCUT2D eigenvalue weighted by Crippen LogP contribution is 2.36. The molecule has 3 aromatic rings. The first-order chi connectivity index (χ1) is 12.3. The zero-order valence-electron chi connectivity index (χ0n) is 13.9. The third-order valence-electron chi connectivity index (χ3n) is 3.73. The van der Waals surface area contributed by atoms with E-state index in [1.54, 1.807) is 32.2 Å². The van der Waals surface area contributed by atoms with Crippen molar-refractivity contribution in [3.8, 4) is 10.4 Å². The molecule has 2 aromatic heterocycles. The van der Waals surface area contributed by atoms with Crippen LogP contribution < -0.4 is 5.32 Å². The summed E-state index contributed by atoms with van der Waals surface area (Å²) < 4.78 is 38.7. The van der Waals surface area contributed by atoms with Gasteiger partial charge in [0.05, 0.1) is 16.1 Å². The molecule has 1 N–H and O–H groups in total. The summed E-state index contributed by atoms with van der Waals surface area (Å²) in [6, 6.07) is 6.65. The van der Waals surface area contributed by atoms with E-state index in [4.69, 9.17) is 0 Å². The molecule has 26 heavy (non-hydrogen) atoms. The van der Waals surface area contributed by atoms with Crippen molar-refractivity contribution in [2.45, 2.75) is 20.0 Å². The summed E-state index contributed by atoms with van der Waals surface area (Å²) in [6.07, 6.45) is -1.32. The van der Waals surface area contributed by atoms with Crippen molar-refractivity contribution >= 4 is 22.4 Å². The van der Waals surface area contributed by atoms with Gasteiger partial charge in [0, 0.05) is 18.0 Å². The van der Waals surface area contributed by atoms with Gasteiger partial charge in [0.25, 0.3) is 5.91 Å². The maximum atomic E-state index is 12.9. The Balaban J connectivity index is 1.88. The van der Waals surface area contributed by atoms with E-state index in [-0.39, 0.29) is 5.91 Å². The van der Waals surface area contributed by atoms with Crippen molar-refractivity contribution in [1.29, 1.82) is 0 Å². The number of anilines is 1. The Bertz CT molecular complexity index is 966. The molecule has 0 radical (unpaired) electrons. The van der Waals surface area contributed by atoms with Crippen LogP contribution in [0, 0.1) is 13.8 Å². The lowest BCUT2D eigenvalue weighted by molar-refractivity contribution is -0.137. The number of aromatic nitrogens is 2. The minimum Gasteiger partial charge on any atom is -0.298 e. The highest BCUT2D eigenvalue weighted by molar-refractivity contribution is 7.19. The van der Waals surface area contributed by atoms with E-state index in [1.165, 1.54) is 12.3 Å². The van der Waals surface area contributed by atoms with Crippen LogP contribution in [-0.4, -0.2) is 15.9 Å². The Morgan fingerprint density at radius 2 is 1.96 bits per heavy atom. The Labute approximate surface area is 151 Å². The van der Waals surface area contributed by atoms with Crippen LogP contribution in [0.4, 0.5) is 18.3 Å². The van der Waals surface area contributed by atoms with Crippen LogP contribution in [0.25, 0.3) is 10.4 Å². The van der Waals surface area contributed by atoms with Gasteiger partial charge in [-0.25, -0.2) is 4.98 Å². The van der Waals surface area contributed by atoms with Crippen molar-refractivity contribution < 1.29 is 18.0 Å². The fraction of sp³-hybridized carbons (Fsp3) is 0.167. The van der Waals surface area contributed by atoms with Gasteiger partial charge in [-0.05, 0) is 43.2 Å². The van der Waals surface area contributed by atoms with Crippen molar-refractivity contribution in [3.63, 3.8) is 0 Å². The fourth-order valence-corrected chi connectivity index (χ4v) is 3.40. The lowest BCUT2D eigenvalue weighted by Crippen LogP contribution is -2.13. The standard InChI is InChI=1S/C18H14F3N3OS/c1-10-9-22-7-6-14(10)16(25)24-17-23-11(2)15(26-17)12-4-3-5-13(8-12)18(19,20)21/h3-9H,1-2H3,(H,23,24,25). The number of carbonyl (C=O) groups is 1. The molecule has 0 aliphatic carbocycles. The Morgan fingerprint density at radius 3 is 2.65 bits per heavy atom. The first-order valence-corrected chi connectivity index (χ1v) is 8.44. The number of carbonyl (C=O) groups excluding carboxylic acids is 1. The van der Waals surface area contributed by atoms with Crippen LogP contribution >= 0.6 is 11.3 Å². The number of thiazole rings is 1. The predicted molar refractivity (Wildman–Crippen MR) is 94.2 cm³/mol. The topological polar surface area (TPSA) is 54.9 Å². The minimum atomic E-state index is -4.41. The summed E-state index contributed by atoms with van der Waals surface area (Å²) >= 11 is 1.13. The number of nitrogens with zero attached hydrogens (tertiary/aromatic N) is 2. The van der Waals surface area contributed by atoms with Gasteiger partial charge in [-0.2, -0.15) is 13.2 Å². The quantitative estimate of drug-likeness (QED) is 0.691. The molecule has 0 spiro atoms. The Kier molecular flexibility index (Phi) is 4.78. The summed E-state index contributed by atoms with van der Waals surface area (Å²) in [5, 5.41) is 3.02. The third-order valence-corrected chi connectivity index (χ3v) is 4.86. The molecular formula is C18H14F3N3OS. The molecule has 0 bridgehead atoms. The molecule has 3 rings (SSSR count). The maximum absolute atomic E-state index is 12.9. The zero-order chi connectivity index (χ0) is 18.9. The highest BCUT2D eigenvalue weighted by Gasteiger charge is 2.30. The molecule has 0 aliphatic rings. The lowest BCUT2D eigenvalue weighted by Gasteiger charge is -2.08. The van der Waals surface area contributed by atoms with Gasteiger partial charge in [-0.15, -0.1) is 0 Å². The minimum absolute atomic E-state index is 0.330. The summed E-state index contributed by atoms with van der Waals surface area (Å²) in [4.78, 5) is 21.1. The average Bonchev–Trinajstić information content (AvgIpc) is 2.95. The van der Waals surface area contributed by atoms with Crippen molar-refractivity contribution in [3.05, 3.63) is 65.1 Å². The number of aryl methyl sites for hydroxylation is 2. The van der Waals surface area contributed by atoms with Gasteiger partial charge in [0.15, 0.2) is 5.13 Å². The second-order valence-electron chi connectivity index (χ2n) is 5.66. The van der Waals surface area contributed by atoms with Crippen LogP contribution in [0.3, 0.4) is 0 Å². The molecule has 1 aromatic carbocycles. The van der Waals surface area contributed by atoms with Gasteiger partial charge >= 0.3 is 6.18 Å². The Hall–Kier alpha value is -2.74. The molecule has 0 fully saturated rings. The molecule has 134 valence electrons.